The van der Waals surface area contributed by atoms with Gasteiger partial charge < -0.3 is 39.3 Å². The molecule has 0 bridgehead atoms. The zero-order chi connectivity index (χ0) is 24.0. The van der Waals surface area contributed by atoms with Gasteiger partial charge in [0.2, 0.25) is 12.4 Å². The van der Waals surface area contributed by atoms with Crippen LogP contribution in [0.5, 0.6) is 5.75 Å². The summed E-state index contributed by atoms with van der Waals surface area (Å²) in [7, 11) is 1.08. The average Bonchev–Trinajstić information content (AvgIpc) is 2.71. The Kier molecular flexibility index (Phi) is 8.38. The molecule has 1 aliphatic heterocycles. The average molecular weight is 455 g/mol. The maximum absolute atomic E-state index is 12.4. The Labute approximate surface area is 183 Å². The first kappa shape index (κ1) is 24.9. The number of carbonyl (C=O) groups is 4. The number of benzene rings is 1. The monoisotopic (exact) mass is 455 g/mol. The van der Waals surface area contributed by atoms with E-state index in [1.165, 1.54) is 18.2 Å². The summed E-state index contributed by atoms with van der Waals surface area (Å²) in [6.07, 6.45) is -7.51. The third kappa shape index (κ3) is 6.08. The number of hydrogen-bond donors (Lipinski definition) is 2. The summed E-state index contributed by atoms with van der Waals surface area (Å²) in [6.45, 7) is 2.99. The molecule has 5 atom stereocenters. The Morgan fingerprint density at radius 2 is 1.53 bits per heavy atom. The Hall–Kier alpha value is -3.38. The highest BCUT2D eigenvalue weighted by atomic mass is 16.7. The first-order chi connectivity index (χ1) is 15.1. The van der Waals surface area contributed by atoms with Crippen LogP contribution >= 0.6 is 0 Å². The molecule has 0 spiro atoms. The topological polar surface area (TPSA) is 170 Å². The highest BCUT2D eigenvalue weighted by Crippen LogP contribution is 2.33. The molecule has 2 unspecified atom stereocenters. The highest BCUT2D eigenvalue weighted by molar-refractivity contribution is 5.77. The van der Waals surface area contributed by atoms with Crippen molar-refractivity contribution < 1.29 is 52.7 Å². The molecule has 1 aromatic carbocycles. The van der Waals surface area contributed by atoms with E-state index in [1.807, 2.05) is 0 Å². The summed E-state index contributed by atoms with van der Waals surface area (Å²) in [4.78, 5) is 47.6. The number of ether oxygens (including phenoxy) is 6. The molecule has 32 heavy (non-hydrogen) atoms. The molecule has 0 saturated carbocycles. The standard InChI is InChI=1S/C20H25NO11/c1-9(23)28-15-16(29-10(2)24)18(30-11(3)25)20(32-17(15)19(26)27-4)31-14-6-5-12(8-22)7-13(14)21/h5-7,15-18,20,22H,8,21H2,1-4H3/t15-,16?,17-,18+,20?/m0/s1. The van der Waals surface area contributed by atoms with Crippen LogP contribution in [-0.2, 0) is 49.5 Å². The van der Waals surface area contributed by atoms with Gasteiger partial charge in [0.15, 0.2) is 18.3 Å². The molecule has 1 heterocycles. The molecule has 176 valence electrons. The zero-order valence-corrected chi connectivity index (χ0v) is 17.9. The Balaban J connectivity index is 2.51. The summed E-state index contributed by atoms with van der Waals surface area (Å²) in [5.74, 6) is -3.28. The van der Waals surface area contributed by atoms with E-state index in [0.717, 1.165) is 27.9 Å². The summed E-state index contributed by atoms with van der Waals surface area (Å²) < 4.78 is 31.8. The second-order valence-electron chi connectivity index (χ2n) is 6.82. The predicted octanol–water partition coefficient (Wildman–Crippen LogP) is -0.167. The van der Waals surface area contributed by atoms with Crippen LogP contribution < -0.4 is 10.5 Å². The van der Waals surface area contributed by atoms with Crippen molar-refractivity contribution >= 4 is 29.6 Å². The molecule has 2 rings (SSSR count). The van der Waals surface area contributed by atoms with Gasteiger partial charge >= 0.3 is 23.9 Å². The number of anilines is 1. The van der Waals surface area contributed by atoms with Crippen LogP contribution in [0.3, 0.4) is 0 Å². The van der Waals surface area contributed by atoms with Crippen LogP contribution in [0.1, 0.15) is 26.3 Å². The molecule has 3 N–H and O–H groups in total. The number of methoxy groups -OCH3 is 1. The van der Waals surface area contributed by atoms with E-state index in [9.17, 15) is 24.3 Å². The van der Waals surface area contributed by atoms with Gasteiger partial charge in [-0.05, 0) is 17.7 Å². The lowest BCUT2D eigenvalue weighted by atomic mass is 9.97. The normalized spacial score (nSPS) is 24.7. The predicted molar refractivity (Wildman–Crippen MR) is 105 cm³/mol. The lowest BCUT2D eigenvalue weighted by Gasteiger charge is -2.43. The number of esters is 4. The maximum Gasteiger partial charge on any atom is 0.339 e. The molecule has 1 aromatic rings. The molecule has 1 fully saturated rings. The van der Waals surface area contributed by atoms with E-state index in [2.05, 4.69) is 0 Å². The summed E-state index contributed by atoms with van der Waals surface area (Å²) >= 11 is 0. The number of aliphatic hydroxyl groups is 1. The second kappa shape index (κ2) is 10.8. The van der Waals surface area contributed by atoms with E-state index in [4.69, 9.17) is 34.2 Å². The molecule has 1 aliphatic rings. The van der Waals surface area contributed by atoms with Crippen molar-refractivity contribution in [3.05, 3.63) is 23.8 Å². The van der Waals surface area contributed by atoms with E-state index in [-0.39, 0.29) is 18.0 Å². The van der Waals surface area contributed by atoms with E-state index >= 15 is 0 Å². The number of rotatable bonds is 7. The van der Waals surface area contributed by atoms with Crippen LogP contribution in [0.25, 0.3) is 0 Å². The van der Waals surface area contributed by atoms with Gasteiger partial charge in [-0.3, -0.25) is 14.4 Å². The largest absolute Gasteiger partial charge is 0.467 e. The van der Waals surface area contributed by atoms with E-state index in [0.29, 0.717) is 5.56 Å². The van der Waals surface area contributed by atoms with Gasteiger partial charge in [-0.1, -0.05) is 6.07 Å². The summed E-state index contributed by atoms with van der Waals surface area (Å²) in [5.41, 5.74) is 6.57. The number of nitrogen functional groups attached to an aromatic ring is 1. The van der Waals surface area contributed by atoms with Gasteiger partial charge in [0.25, 0.3) is 0 Å². The lowest BCUT2D eigenvalue weighted by molar-refractivity contribution is -0.282. The summed E-state index contributed by atoms with van der Waals surface area (Å²) in [6, 6.07) is 4.40. The third-order valence-corrected chi connectivity index (χ3v) is 4.33. The van der Waals surface area contributed by atoms with Gasteiger partial charge in [0.1, 0.15) is 5.75 Å². The molecular formula is C20H25NO11. The quantitative estimate of drug-likeness (QED) is 0.317. The molecule has 0 aromatic heterocycles. The molecular weight excluding hydrogens is 430 g/mol. The fourth-order valence-electron chi connectivity index (χ4n) is 3.10. The van der Waals surface area contributed by atoms with Crippen LogP contribution in [0.4, 0.5) is 5.69 Å². The van der Waals surface area contributed by atoms with Gasteiger partial charge in [0, 0.05) is 20.8 Å². The fraction of sp³-hybridized carbons (Fsp3) is 0.500. The van der Waals surface area contributed by atoms with E-state index in [1.54, 1.807) is 0 Å². The summed E-state index contributed by atoms with van der Waals surface area (Å²) in [5, 5.41) is 9.24. The fourth-order valence-corrected chi connectivity index (χ4v) is 3.10. The Morgan fingerprint density at radius 1 is 0.969 bits per heavy atom. The number of carbonyl (C=O) groups excluding carboxylic acids is 4. The number of hydrogen-bond acceptors (Lipinski definition) is 12. The molecule has 12 heteroatoms. The minimum absolute atomic E-state index is 0.0699. The van der Waals surface area contributed by atoms with Gasteiger partial charge in [-0.15, -0.1) is 0 Å². The zero-order valence-electron chi connectivity index (χ0n) is 17.9. The van der Waals surface area contributed by atoms with Crippen LogP contribution in [-0.4, -0.2) is 66.8 Å². The van der Waals surface area contributed by atoms with Crippen LogP contribution in [0, 0.1) is 0 Å². The van der Waals surface area contributed by atoms with Crippen molar-refractivity contribution in [3.63, 3.8) is 0 Å². The van der Waals surface area contributed by atoms with Gasteiger partial charge in [-0.25, -0.2) is 4.79 Å². The first-order valence-corrected chi connectivity index (χ1v) is 9.48. The SMILES string of the molecule is COC(=O)[C@H]1OC(Oc2ccc(CO)cc2N)[C@H](OC(C)=O)C(OC(C)=O)[C@@H]1OC(C)=O. The highest BCUT2D eigenvalue weighted by Gasteiger charge is 2.55. The minimum Gasteiger partial charge on any atom is -0.467 e. The van der Waals surface area contributed by atoms with Crippen LogP contribution in [0.2, 0.25) is 0 Å². The third-order valence-electron chi connectivity index (χ3n) is 4.33. The Morgan fingerprint density at radius 3 is 2.03 bits per heavy atom. The maximum atomic E-state index is 12.4. The molecule has 0 aliphatic carbocycles. The van der Waals surface area contributed by atoms with Crippen molar-refractivity contribution in [2.45, 2.75) is 58.1 Å². The van der Waals surface area contributed by atoms with E-state index < -0.39 is 54.6 Å². The van der Waals surface area contributed by atoms with Crippen LogP contribution in [0.15, 0.2) is 18.2 Å². The van der Waals surface area contributed by atoms with Crippen molar-refractivity contribution in [1.82, 2.24) is 0 Å². The number of nitrogens with two attached hydrogens (primary N) is 1. The molecule has 0 radical (unpaired) electrons. The van der Waals surface area contributed by atoms with Crippen molar-refractivity contribution in [2.24, 2.45) is 0 Å². The second-order valence-corrected chi connectivity index (χ2v) is 6.82. The molecule has 12 nitrogen and oxygen atoms in total. The van der Waals surface area contributed by atoms with Crippen molar-refractivity contribution in [1.29, 1.82) is 0 Å². The molecule has 0 amide bonds. The van der Waals surface area contributed by atoms with Crippen molar-refractivity contribution in [2.75, 3.05) is 12.8 Å². The number of aliphatic hydroxyl groups excluding tert-OH is 1. The smallest absolute Gasteiger partial charge is 0.339 e. The van der Waals surface area contributed by atoms with Gasteiger partial charge in [-0.2, -0.15) is 0 Å². The van der Waals surface area contributed by atoms with Crippen molar-refractivity contribution in [3.8, 4) is 5.75 Å². The van der Waals surface area contributed by atoms with Gasteiger partial charge in [0.05, 0.1) is 19.4 Å². The minimum atomic E-state index is -1.58. The molecule has 1 saturated heterocycles. The Bertz CT molecular complexity index is 871. The first-order valence-electron chi connectivity index (χ1n) is 9.48. The lowest BCUT2D eigenvalue weighted by Crippen LogP contribution is -2.64.